The SMILES string of the molecule is COC(=O)Cc1cccc(S(=O)(=O)N2CCCC2Cc2ccccc2Cl)c1. The third-order valence-electron chi connectivity index (χ3n) is 4.82. The molecule has 0 spiro atoms. The molecule has 0 N–H and O–H groups in total. The molecule has 7 heteroatoms. The smallest absolute Gasteiger partial charge is 0.309 e. The van der Waals surface area contributed by atoms with Crippen molar-refractivity contribution < 1.29 is 17.9 Å². The number of hydrogen-bond acceptors (Lipinski definition) is 4. The minimum Gasteiger partial charge on any atom is -0.469 e. The van der Waals surface area contributed by atoms with Crippen molar-refractivity contribution in [1.82, 2.24) is 4.31 Å². The van der Waals surface area contributed by atoms with Crippen LogP contribution in [0.3, 0.4) is 0 Å². The predicted molar refractivity (Wildman–Crippen MR) is 104 cm³/mol. The van der Waals surface area contributed by atoms with Gasteiger partial charge < -0.3 is 4.74 Å². The summed E-state index contributed by atoms with van der Waals surface area (Å²) in [5.41, 5.74) is 1.57. The lowest BCUT2D eigenvalue weighted by molar-refractivity contribution is -0.139. The van der Waals surface area contributed by atoms with Crippen molar-refractivity contribution in [2.45, 2.75) is 36.6 Å². The maximum atomic E-state index is 13.2. The number of carbonyl (C=O) groups excluding carboxylic acids is 1. The molecule has 1 aliphatic rings. The maximum Gasteiger partial charge on any atom is 0.309 e. The van der Waals surface area contributed by atoms with Gasteiger partial charge in [-0.2, -0.15) is 4.31 Å². The van der Waals surface area contributed by atoms with Gasteiger partial charge in [0.05, 0.1) is 18.4 Å². The number of methoxy groups -OCH3 is 1. The summed E-state index contributed by atoms with van der Waals surface area (Å²) in [4.78, 5) is 11.7. The van der Waals surface area contributed by atoms with Gasteiger partial charge in [-0.05, 0) is 48.6 Å². The fourth-order valence-electron chi connectivity index (χ4n) is 3.44. The van der Waals surface area contributed by atoms with E-state index in [0.29, 0.717) is 23.6 Å². The van der Waals surface area contributed by atoms with Crippen LogP contribution in [0.15, 0.2) is 53.4 Å². The van der Waals surface area contributed by atoms with E-state index in [4.69, 9.17) is 11.6 Å². The Morgan fingerprint density at radius 2 is 2.00 bits per heavy atom. The van der Waals surface area contributed by atoms with Crippen LogP contribution in [0.25, 0.3) is 0 Å². The van der Waals surface area contributed by atoms with Crippen LogP contribution in [0.2, 0.25) is 5.02 Å². The number of hydrogen-bond donors (Lipinski definition) is 0. The van der Waals surface area contributed by atoms with Crippen molar-refractivity contribution in [3.05, 3.63) is 64.7 Å². The molecule has 0 aliphatic carbocycles. The second-order valence-corrected chi connectivity index (χ2v) is 8.91. The Kier molecular flexibility index (Phi) is 6.19. The monoisotopic (exact) mass is 407 g/mol. The fraction of sp³-hybridized carbons (Fsp3) is 0.350. The van der Waals surface area contributed by atoms with Crippen molar-refractivity contribution in [3.8, 4) is 0 Å². The van der Waals surface area contributed by atoms with Gasteiger partial charge in [0, 0.05) is 17.6 Å². The van der Waals surface area contributed by atoms with E-state index in [9.17, 15) is 13.2 Å². The summed E-state index contributed by atoms with van der Waals surface area (Å²) >= 11 is 6.25. The van der Waals surface area contributed by atoms with E-state index in [1.807, 2.05) is 24.3 Å². The van der Waals surface area contributed by atoms with E-state index in [2.05, 4.69) is 4.74 Å². The summed E-state index contributed by atoms with van der Waals surface area (Å²) in [5.74, 6) is -0.401. The molecule has 144 valence electrons. The number of esters is 1. The number of benzene rings is 2. The Hall–Kier alpha value is -1.89. The molecule has 1 aliphatic heterocycles. The topological polar surface area (TPSA) is 63.7 Å². The van der Waals surface area contributed by atoms with Gasteiger partial charge in [0.1, 0.15) is 0 Å². The number of sulfonamides is 1. The third kappa shape index (κ3) is 4.51. The average Bonchev–Trinajstić information content (AvgIpc) is 3.13. The Morgan fingerprint density at radius 1 is 1.22 bits per heavy atom. The van der Waals surface area contributed by atoms with Gasteiger partial charge >= 0.3 is 5.97 Å². The van der Waals surface area contributed by atoms with Gasteiger partial charge in [0.2, 0.25) is 10.0 Å². The molecule has 0 bridgehead atoms. The van der Waals surface area contributed by atoms with Crippen LogP contribution in [0.1, 0.15) is 24.0 Å². The standard InChI is InChI=1S/C20H22ClNO4S/c1-26-20(23)13-15-6-4-9-18(12-15)27(24,25)22-11-5-8-17(22)14-16-7-2-3-10-19(16)21/h2-4,6-7,9-10,12,17H,5,8,11,13-14H2,1H3. The fourth-order valence-corrected chi connectivity index (χ4v) is 5.41. The zero-order valence-corrected chi connectivity index (χ0v) is 16.7. The summed E-state index contributed by atoms with van der Waals surface area (Å²) in [5, 5.41) is 0.654. The van der Waals surface area contributed by atoms with Crippen molar-refractivity contribution in [3.63, 3.8) is 0 Å². The highest BCUT2D eigenvalue weighted by Crippen LogP contribution is 2.30. The molecule has 1 saturated heterocycles. The predicted octanol–water partition coefficient (Wildman–Crippen LogP) is 3.45. The van der Waals surface area contributed by atoms with Crippen molar-refractivity contribution in [2.75, 3.05) is 13.7 Å². The summed E-state index contributed by atoms with van der Waals surface area (Å²) in [6.45, 7) is 0.485. The maximum absolute atomic E-state index is 13.2. The van der Waals surface area contributed by atoms with E-state index < -0.39 is 16.0 Å². The quantitative estimate of drug-likeness (QED) is 0.688. The lowest BCUT2D eigenvalue weighted by Gasteiger charge is -2.24. The molecular weight excluding hydrogens is 386 g/mol. The molecular formula is C20H22ClNO4S. The number of halogens is 1. The van der Waals surface area contributed by atoms with Crippen molar-refractivity contribution in [2.24, 2.45) is 0 Å². The highest BCUT2D eigenvalue weighted by Gasteiger charge is 2.35. The third-order valence-corrected chi connectivity index (χ3v) is 7.13. The summed E-state index contributed by atoms with van der Waals surface area (Å²) in [6.07, 6.45) is 2.24. The summed E-state index contributed by atoms with van der Waals surface area (Å²) in [6, 6.07) is 13.9. The second-order valence-electron chi connectivity index (χ2n) is 6.61. The summed E-state index contributed by atoms with van der Waals surface area (Å²) < 4.78 is 32.6. The highest BCUT2D eigenvalue weighted by atomic mass is 35.5. The molecule has 0 aromatic heterocycles. The van der Waals surface area contributed by atoms with Gasteiger partial charge in [0.15, 0.2) is 0 Å². The molecule has 1 heterocycles. The molecule has 3 rings (SSSR count). The Balaban J connectivity index is 1.84. The Bertz CT molecular complexity index is 929. The molecule has 0 saturated carbocycles. The van der Waals surface area contributed by atoms with Gasteiger partial charge in [-0.15, -0.1) is 0 Å². The van der Waals surface area contributed by atoms with Crippen LogP contribution in [0.5, 0.6) is 0 Å². The summed E-state index contributed by atoms with van der Waals surface area (Å²) in [7, 11) is -2.34. The van der Waals surface area contributed by atoms with E-state index >= 15 is 0 Å². The Labute approximate surface area is 165 Å². The molecule has 1 unspecified atom stereocenters. The van der Waals surface area contributed by atoms with Crippen LogP contribution in [0, 0.1) is 0 Å². The normalized spacial score (nSPS) is 17.8. The molecule has 5 nitrogen and oxygen atoms in total. The number of ether oxygens (including phenoxy) is 1. The van der Waals surface area contributed by atoms with Crippen LogP contribution in [-0.4, -0.2) is 38.4 Å². The van der Waals surface area contributed by atoms with Gasteiger partial charge in [-0.1, -0.05) is 41.9 Å². The van der Waals surface area contributed by atoms with E-state index in [1.165, 1.54) is 7.11 Å². The van der Waals surface area contributed by atoms with Gasteiger partial charge in [-0.25, -0.2) is 8.42 Å². The number of carbonyl (C=O) groups is 1. The van der Waals surface area contributed by atoms with Crippen LogP contribution in [-0.2, 0) is 32.4 Å². The molecule has 2 aromatic carbocycles. The average molecular weight is 408 g/mol. The van der Waals surface area contributed by atoms with E-state index in [0.717, 1.165) is 18.4 Å². The molecule has 1 atom stereocenters. The molecule has 27 heavy (non-hydrogen) atoms. The first-order valence-corrected chi connectivity index (χ1v) is 10.6. The van der Waals surface area contributed by atoms with Crippen LogP contribution in [0.4, 0.5) is 0 Å². The second kappa shape index (κ2) is 8.42. The van der Waals surface area contributed by atoms with Crippen LogP contribution >= 0.6 is 11.6 Å². The largest absolute Gasteiger partial charge is 0.469 e. The van der Waals surface area contributed by atoms with Crippen molar-refractivity contribution >= 4 is 27.6 Å². The minimum atomic E-state index is -3.65. The first-order valence-electron chi connectivity index (χ1n) is 8.83. The van der Waals surface area contributed by atoms with E-state index in [-0.39, 0.29) is 17.4 Å². The number of nitrogens with zero attached hydrogens (tertiary/aromatic N) is 1. The Morgan fingerprint density at radius 3 is 2.74 bits per heavy atom. The number of rotatable bonds is 6. The highest BCUT2D eigenvalue weighted by molar-refractivity contribution is 7.89. The molecule has 0 amide bonds. The van der Waals surface area contributed by atoms with E-state index in [1.54, 1.807) is 28.6 Å². The minimum absolute atomic E-state index is 0.0446. The molecule has 2 aromatic rings. The first-order chi connectivity index (χ1) is 12.9. The lowest BCUT2D eigenvalue weighted by atomic mass is 10.0. The lowest BCUT2D eigenvalue weighted by Crippen LogP contribution is -2.36. The molecule has 1 fully saturated rings. The van der Waals surface area contributed by atoms with Gasteiger partial charge in [0.25, 0.3) is 0 Å². The van der Waals surface area contributed by atoms with Gasteiger partial charge in [-0.3, -0.25) is 4.79 Å². The van der Waals surface area contributed by atoms with Crippen molar-refractivity contribution in [1.29, 1.82) is 0 Å². The molecule has 0 radical (unpaired) electrons. The first kappa shape index (κ1) is 19.9. The van der Waals surface area contributed by atoms with Crippen LogP contribution < -0.4 is 0 Å². The zero-order valence-electron chi connectivity index (χ0n) is 15.1. The zero-order chi connectivity index (χ0) is 19.4.